The van der Waals surface area contributed by atoms with Crippen molar-refractivity contribution in [1.82, 2.24) is 0 Å². The van der Waals surface area contributed by atoms with Crippen molar-refractivity contribution >= 4 is 17.6 Å². The highest BCUT2D eigenvalue weighted by molar-refractivity contribution is 5.94. The number of ether oxygens (including phenoxy) is 2. The number of fused-ring (bicyclic) bond motifs is 1. The largest absolute Gasteiger partial charge is 0.490 e. The normalized spacial score (nSPS) is 16.6. The van der Waals surface area contributed by atoms with Crippen molar-refractivity contribution in [2.75, 3.05) is 19.0 Å². The Morgan fingerprint density at radius 2 is 2.20 bits per heavy atom. The van der Waals surface area contributed by atoms with Crippen LogP contribution < -0.4 is 10.1 Å². The predicted octanol–water partition coefficient (Wildman–Crippen LogP) is 0.874. The number of benzene rings is 1. The molecule has 108 valence electrons. The molecule has 2 N–H and O–H groups in total. The van der Waals surface area contributed by atoms with Gasteiger partial charge in [0.15, 0.2) is 5.60 Å². The summed E-state index contributed by atoms with van der Waals surface area (Å²) >= 11 is 0. The van der Waals surface area contributed by atoms with Gasteiger partial charge in [0, 0.05) is 12.1 Å². The number of hydrogen-bond donors (Lipinski definition) is 2. The molecule has 0 fully saturated rings. The second-order valence-electron chi connectivity index (χ2n) is 4.92. The average Bonchev–Trinajstić information content (AvgIpc) is 2.44. The zero-order valence-electron chi connectivity index (χ0n) is 11.4. The van der Waals surface area contributed by atoms with Gasteiger partial charge in [-0.25, -0.2) is 4.79 Å². The molecule has 1 amide bonds. The molecule has 2 rings (SSSR count). The molecule has 0 spiro atoms. The van der Waals surface area contributed by atoms with E-state index in [0.717, 1.165) is 11.3 Å². The minimum absolute atomic E-state index is 0.000192. The number of anilines is 1. The van der Waals surface area contributed by atoms with E-state index in [4.69, 9.17) is 4.74 Å². The van der Waals surface area contributed by atoms with Crippen molar-refractivity contribution in [3.05, 3.63) is 23.8 Å². The Hall–Kier alpha value is -2.08. The minimum atomic E-state index is -1.70. The van der Waals surface area contributed by atoms with E-state index in [1.807, 2.05) is 0 Å². The molecule has 0 saturated heterocycles. The lowest BCUT2D eigenvalue weighted by atomic mass is 10.0. The summed E-state index contributed by atoms with van der Waals surface area (Å²) in [6, 6.07) is 5.22. The van der Waals surface area contributed by atoms with Crippen LogP contribution in [0, 0.1) is 0 Å². The zero-order valence-corrected chi connectivity index (χ0v) is 11.4. The fourth-order valence-electron chi connectivity index (χ4n) is 1.95. The average molecular weight is 279 g/mol. The molecule has 0 aromatic heterocycles. The second-order valence-corrected chi connectivity index (χ2v) is 4.92. The molecule has 1 heterocycles. The van der Waals surface area contributed by atoms with Gasteiger partial charge < -0.3 is 19.9 Å². The molecule has 6 nitrogen and oxygen atoms in total. The number of carbonyl (C=O) groups excluding carboxylic acids is 2. The maximum atomic E-state index is 11.3. The number of amides is 1. The number of nitrogens with one attached hydrogen (secondary N) is 1. The number of aliphatic hydroxyl groups is 1. The summed E-state index contributed by atoms with van der Waals surface area (Å²) in [7, 11) is 1.21. The smallest absolute Gasteiger partial charge is 0.341 e. The van der Waals surface area contributed by atoms with Gasteiger partial charge in [0.05, 0.1) is 7.11 Å². The third kappa shape index (κ3) is 3.08. The summed E-state index contributed by atoms with van der Waals surface area (Å²) in [6.45, 7) is 1.13. The van der Waals surface area contributed by atoms with Crippen molar-refractivity contribution in [3.8, 4) is 5.75 Å². The summed E-state index contributed by atoms with van der Waals surface area (Å²) in [5, 5.41) is 12.6. The van der Waals surface area contributed by atoms with Crippen LogP contribution >= 0.6 is 0 Å². The van der Waals surface area contributed by atoms with E-state index in [0.29, 0.717) is 18.6 Å². The SMILES string of the molecule is COC(=O)C(C)(O)COc1ccc2c(c1)CCC(=O)N2. The Morgan fingerprint density at radius 1 is 1.45 bits per heavy atom. The third-order valence-electron chi connectivity index (χ3n) is 3.12. The highest BCUT2D eigenvalue weighted by atomic mass is 16.6. The number of esters is 1. The highest BCUT2D eigenvalue weighted by Gasteiger charge is 2.32. The summed E-state index contributed by atoms with van der Waals surface area (Å²) < 4.78 is 9.91. The number of rotatable bonds is 4. The Morgan fingerprint density at radius 3 is 2.90 bits per heavy atom. The van der Waals surface area contributed by atoms with Crippen molar-refractivity contribution in [2.45, 2.75) is 25.4 Å². The van der Waals surface area contributed by atoms with E-state index in [1.54, 1.807) is 18.2 Å². The molecule has 1 aromatic rings. The molecule has 20 heavy (non-hydrogen) atoms. The predicted molar refractivity (Wildman–Crippen MR) is 71.5 cm³/mol. The van der Waals surface area contributed by atoms with Gasteiger partial charge in [-0.15, -0.1) is 0 Å². The third-order valence-corrected chi connectivity index (χ3v) is 3.12. The molecule has 1 unspecified atom stereocenters. The van der Waals surface area contributed by atoms with Gasteiger partial charge in [0.25, 0.3) is 0 Å². The molecule has 0 radical (unpaired) electrons. The Kier molecular flexibility index (Phi) is 3.94. The van der Waals surface area contributed by atoms with Gasteiger partial charge in [-0.3, -0.25) is 4.79 Å². The van der Waals surface area contributed by atoms with Crippen LogP contribution in [0.5, 0.6) is 5.75 Å². The summed E-state index contributed by atoms with van der Waals surface area (Å²) in [5.74, 6) is -0.216. The lowest BCUT2D eigenvalue weighted by molar-refractivity contribution is -0.163. The number of methoxy groups -OCH3 is 1. The van der Waals surface area contributed by atoms with E-state index in [1.165, 1.54) is 14.0 Å². The quantitative estimate of drug-likeness (QED) is 0.799. The Labute approximate surface area is 116 Å². The zero-order chi connectivity index (χ0) is 14.8. The van der Waals surface area contributed by atoms with Gasteiger partial charge in [0.1, 0.15) is 12.4 Å². The first-order chi connectivity index (χ1) is 9.42. The van der Waals surface area contributed by atoms with Crippen LogP contribution in [0.1, 0.15) is 18.9 Å². The van der Waals surface area contributed by atoms with Gasteiger partial charge >= 0.3 is 5.97 Å². The molecule has 1 aromatic carbocycles. The van der Waals surface area contributed by atoms with Crippen molar-refractivity contribution in [2.24, 2.45) is 0 Å². The first-order valence-corrected chi connectivity index (χ1v) is 6.29. The van der Waals surface area contributed by atoms with Crippen LogP contribution in [-0.4, -0.2) is 36.3 Å². The van der Waals surface area contributed by atoms with Gasteiger partial charge in [-0.1, -0.05) is 0 Å². The van der Waals surface area contributed by atoms with Crippen molar-refractivity contribution in [3.63, 3.8) is 0 Å². The molecule has 1 aliphatic heterocycles. The standard InChI is InChI=1S/C14H17NO5/c1-14(18,13(17)19-2)8-20-10-4-5-11-9(7-10)3-6-12(16)15-11/h4-5,7,18H,3,6,8H2,1-2H3,(H,15,16). The lowest BCUT2D eigenvalue weighted by Crippen LogP contribution is -2.42. The van der Waals surface area contributed by atoms with Crippen molar-refractivity contribution in [1.29, 1.82) is 0 Å². The maximum Gasteiger partial charge on any atom is 0.341 e. The number of aryl methyl sites for hydroxylation is 1. The molecule has 1 aliphatic rings. The highest BCUT2D eigenvalue weighted by Crippen LogP contribution is 2.27. The van der Waals surface area contributed by atoms with E-state index < -0.39 is 11.6 Å². The van der Waals surface area contributed by atoms with E-state index in [-0.39, 0.29) is 12.5 Å². The summed E-state index contributed by atoms with van der Waals surface area (Å²) in [6.07, 6.45) is 1.09. The van der Waals surface area contributed by atoms with Crippen LogP contribution in [0.15, 0.2) is 18.2 Å². The molecule has 0 saturated carbocycles. The first kappa shape index (κ1) is 14.3. The van der Waals surface area contributed by atoms with E-state index in [9.17, 15) is 14.7 Å². The molecule has 0 aliphatic carbocycles. The lowest BCUT2D eigenvalue weighted by Gasteiger charge is -2.22. The topological polar surface area (TPSA) is 84.9 Å². The molecule has 0 bridgehead atoms. The van der Waals surface area contributed by atoms with E-state index in [2.05, 4.69) is 10.1 Å². The molecular weight excluding hydrogens is 262 g/mol. The summed E-state index contributed by atoms with van der Waals surface area (Å²) in [4.78, 5) is 22.6. The fourth-order valence-corrected chi connectivity index (χ4v) is 1.95. The molecule has 1 atom stereocenters. The van der Waals surface area contributed by atoms with E-state index >= 15 is 0 Å². The number of hydrogen-bond acceptors (Lipinski definition) is 5. The fraction of sp³-hybridized carbons (Fsp3) is 0.429. The van der Waals surface area contributed by atoms with Crippen LogP contribution in [0.3, 0.4) is 0 Å². The maximum absolute atomic E-state index is 11.3. The van der Waals surface area contributed by atoms with Crippen LogP contribution in [-0.2, 0) is 20.7 Å². The summed E-state index contributed by atoms with van der Waals surface area (Å²) in [5.41, 5.74) is 0.0481. The Balaban J connectivity index is 2.04. The van der Waals surface area contributed by atoms with Crippen LogP contribution in [0.25, 0.3) is 0 Å². The molecular formula is C14H17NO5. The second kappa shape index (κ2) is 5.50. The molecule has 6 heteroatoms. The van der Waals surface area contributed by atoms with Crippen LogP contribution in [0.4, 0.5) is 5.69 Å². The Bertz CT molecular complexity index is 538. The van der Waals surface area contributed by atoms with Crippen LogP contribution in [0.2, 0.25) is 0 Å². The first-order valence-electron chi connectivity index (χ1n) is 6.29. The number of carbonyl (C=O) groups is 2. The van der Waals surface area contributed by atoms with Crippen molar-refractivity contribution < 1.29 is 24.2 Å². The van der Waals surface area contributed by atoms with Gasteiger partial charge in [-0.2, -0.15) is 0 Å². The monoisotopic (exact) mass is 279 g/mol. The van der Waals surface area contributed by atoms with Gasteiger partial charge in [0.2, 0.25) is 5.91 Å². The van der Waals surface area contributed by atoms with Gasteiger partial charge in [-0.05, 0) is 37.1 Å². The minimum Gasteiger partial charge on any atom is -0.490 e.